The van der Waals surface area contributed by atoms with Crippen LogP contribution < -0.4 is 10.9 Å². The quantitative estimate of drug-likeness (QED) is 0.590. The third kappa shape index (κ3) is 3.81. The van der Waals surface area contributed by atoms with Gasteiger partial charge in [0.1, 0.15) is 24.1 Å². The minimum atomic E-state index is -0.365. The molecular formula is C18H20N6O3S. The topological polar surface area (TPSA) is 102 Å². The first-order valence-electron chi connectivity index (χ1n) is 9.16. The Morgan fingerprint density at radius 2 is 2.21 bits per heavy atom. The molecule has 1 N–H and O–H groups in total. The lowest BCUT2D eigenvalue weighted by Crippen LogP contribution is -2.36. The molecule has 4 rings (SSSR count). The third-order valence-corrected chi connectivity index (χ3v) is 5.55. The maximum atomic E-state index is 12.6. The van der Waals surface area contributed by atoms with Gasteiger partial charge in [0, 0.05) is 26.1 Å². The summed E-state index contributed by atoms with van der Waals surface area (Å²) in [7, 11) is 0. The van der Waals surface area contributed by atoms with E-state index in [2.05, 4.69) is 15.5 Å². The summed E-state index contributed by atoms with van der Waals surface area (Å²) in [6.07, 6.45) is 3.64. The van der Waals surface area contributed by atoms with Crippen molar-refractivity contribution in [3.8, 4) is 10.6 Å². The summed E-state index contributed by atoms with van der Waals surface area (Å²) in [5.74, 6) is -0.109. The summed E-state index contributed by atoms with van der Waals surface area (Å²) in [5, 5.41) is 13.1. The van der Waals surface area contributed by atoms with Crippen LogP contribution in [0.2, 0.25) is 0 Å². The Kier molecular flexibility index (Phi) is 5.20. The number of rotatable bonds is 7. The van der Waals surface area contributed by atoms with Gasteiger partial charge in [-0.05, 0) is 30.4 Å². The van der Waals surface area contributed by atoms with Gasteiger partial charge >= 0.3 is 0 Å². The molecule has 28 heavy (non-hydrogen) atoms. The molecule has 1 aliphatic heterocycles. The van der Waals surface area contributed by atoms with Gasteiger partial charge in [-0.2, -0.15) is 10.2 Å². The molecular weight excluding hydrogens is 380 g/mol. The Morgan fingerprint density at radius 3 is 2.96 bits per heavy atom. The summed E-state index contributed by atoms with van der Waals surface area (Å²) in [6.45, 7) is 1.74. The van der Waals surface area contributed by atoms with E-state index in [4.69, 9.17) is 0 Å². The number of fused-ring (bicyclic) bond motifs is 1. The predicted molar refractivity (Wildman–Crippen MR) is 104 cm³/mol. The van der Waals surface area contributed by atoms with Gasteiger partial charge in [0.2, 0.25) is 11.8 Å². The molecule has 3 aromatic heterocycles. The lowest BCUT2D eigenvalue weighted by molar-refractivity contribution is -0.127. The van der Waals surface area contributed by atoms with Gasteiger partial charge in [-0.3, -0.25) is 14.4 Å². The number of hydrogen-bond acceptors (Lipinski definition) is 6. The van der Waals surface area contributed by atoms with E-state index in [9.17, 15) is 14.4 Å². The number of carbonyl (C=O) groups is 2. The fourth-order valence-electron chi connectivity index (χ4n) is 3.23. The molecule has 9 nitrogen and oxygen atoms in total. The van der Waals surface area contributed by atoms with Crippen LogP contribution in [0.4, 0.5) is 0 Å². The highest BCUT2D eigenvalue weighted by Crippen LogP contribution is 2.23. The van der Waals surface area contributed by atoms with Crippen molar-refractivity contribution in [1.29, 1.82) is 0 Å². The van der Waals surface area contributed by atoms with Crippen LogP contribution in [-0.4, -0.2) is 55.7 Å². The number of thiophene rings is 1. The smallest absolute Gasteiger partial charge is 0.293 e. The Balaban J connectivity index is 1.36. The number of aromatic nitrogens is 4. The lowest BCUT2D eigenvalue weighted by atomic mass is 10.3. The molecule has 0 radical (unpaired) electrons. The highest BCUT2D eigenvalue weighted by Gasteiger charge is 2.19. The molecule has 0 aliphatic carbocycles. The normalized spacial score (nSPS) is 14.1. The molecule has 0 saturated carbocycles. The highest BCUT2D eigenvalue weighted by molar-refractivity contribution is 7.13. The third-order valence-electron chi connectivity index (χ3n) is 4.66. The molecule has 4 heterocycles. The molecule has 0 bridgehead atoms. The van der Waals surface area contributed by atoms with E-state index >= 15 is 0 Å². The molecule has 2 amide bonds. The van der Waals surface area contributed by atoms with Crippen LogP contribution in [-0.2, 0) is 16.1 Å². The van der Waals surface area contributed by atoms with Crippen molar-refractivity contribution < 1.29 is 9.59 Å². The Hall–Kier alpha value is -3.01. The van der Waals surface area contributed by atoms with Crippen LogP contribution in [0.25, 0.3) is 16.1 Å². The number of carbonyl (C=O) groups excluding carboxylic acids is 2. The first-order valence-corrected chi connectivity index (χ1v) is 10.0. The average molecular weight is 400 g/mol. The van der Waals surface area contributed by atoms with Crippen molar-refractivity contribution in [3.05, 3.63) is 40.3 Å². The van der Waals surface area contributed by atoms with Crippen LogP contribution in [0.3, 0.4) is 0 Å². The lowest BCUT2D eigenvalue weighted by Gasteiger charge is -2.15. The van der Waals surface area contributed by atoms with E-state index < -0.39 is 0 Å². The van der Waals surface area contributed by atoms with Crippen molar-refractivity contribution in [1.82, 2.24) is 29.6 Å². The maximum absolute atomic E-state index is 12.6. The fourth-order valence-corrected chi connectivity index (χ4v) is 3.91. The average Bonchev–Trinajstić information content (AvgIpc) is 3.41. The van der Waals surface area contributed by atoms with Crippen LogP contribution in [0.5, 0.6) is 0 Å². The highest BCUT2D eigenvalue weighted by atomic mass is 32.1. The molecule has 0 spiro atoms. The zero-order chi connectivity index (χ0) is 19.5. The Morgan fingerprint density at radius 1 is 1.32 bits per heavy atom. The van der Waals surface area contributed by atoms with Crippen molar-refractivity contribution in [3.63, 3.8) is 0 Å². The van der Waals surface area contributed by atoms with Crippen LogP contribution >= 0.6 is 11.3 Å². The van der Waals surface area contributed by atoms with E-state index in [1.807, 2.05) is 22.4 Å². The zero-order valence-electron chi connectivity index (χ0n) is 15.2. The molecule has 1 saturated heterocycles. The van der Waals surface area contributed by atoms with Gasteiger partial charge in [0.15, 0.2) is 0 Å². The minimum Gasteiger partial charge on any atom is -0.354 e. The molecule has 0 atom stereocenters. The Bertz CT molecular complexity index is 1060. The molecule has 0 unspecified atom stereocenters. The molecule has 1 aliphatic rings. The molecule has 0 aromatic carbocycles. The summed E-state index contributed by atoms with van der Waals surface area (Å²) in [6, 6.07) is 5.56. The molecule has 10 heteroatoms. The van der Waals surface area contributed by atoms with Crippen LogP contribution in [0, 0.1) is 0 Å². The van der Waals surface area contributed by atoms with E-state index in [0.717, 1.165) is 22.5 Å². The second-order valence-electron chi connectivity index (χ2n) is 6.62. The first-order chi connectivity index (χ1) is 13.6. The monoisotopic (exact) mass is 400 g/mol. The van der Waals surface area contributed by atoms with Gasteiger partial charge in [-0.1, -0.05) is 6.07 Å². The van der Waals surface area contributed by atoms with Gasteiger partial charge in [-0.15, -0.1) is 11.3 Å². The largest absolute Gasteiger partial charge is 0.354 e. The molecule has 146 valence electrons. The minimum absolute atomic E-state index is 0.155. The van der Waals surface area contributed by atoms with E-state index in [1.165, 1.54) is 22.2 Å². The van der Waals surface area contributed by atoms with Crippen molar-refractivity contribution >= 4 is 28.7 Å². The van der Waals surface area contributed by atoms with E-state index in [1.54, 1.807) is 6.07 Å². The van der Waals surface area contributed by atoms with Gasteiger partial charge < -0.3 is 10.2 Å². The Labute approximate surface area is 164 Å². The van der Waals surface area contributed by atoms with Crippen molar-refractivity contribution in [2.45, 2.75) is 25.8 Å². The van der Waals surface area contributed by atoms with E-state index in [0.29, 0.717) is 37.1 Å². The number of nitrogens with one attached hydrogen (secondary N) is 1. The number of nitrogens with zero attached hydrogens (tertiary/aromatic N) is 5. The molecule has 3 aromatic rings. The second kappa shape index (κ2) is 7.93. The van der Waals surface area contributed by atoms with Crippen molar-refractivity contribution in [2.75, 3.05) is 19.6 Å². The van der Waals surface area contributed by atoms with Gasteiger partial charge in [0.25, 0.3) is 5.56 Å². The second-order valence-corrected chi connectivity index (χ2v) is 7.57. The predicted octanol–water partition coefficient (Wildman–Crippen LogP) is 0.748. The number of likely N-dealkylation sites (tertiary alicyclic amines) is 1. The summed E-state index contributed by atoms with van der Waals surface area (Å²) in [5.41, 5.74) is 0.710. The SMILES string of the molecule is O=C(Cn1ncn2nc(-c3cccs3)cc2c1=O)NCCCN1CCCC1=O. The van der Waals surface area contributed by atoms with Crippen LogP contribution in [0.15, 0.2) is 34.7 Å². The summed E-state index contributed by atoms with van der Waals surface area (Å²) < 4.78 is 2.56. The standard InChI is InChI=1S/C18H20N6O3S/c25-16(19-6-3-8-22-7-1-5-17(22)26)11-23-18(27)14-10-13(15-4-2-9-28-15)21-24(14)12-20-23/h2,4,9-10,12H,1,3,5-8,11H2,(H,19,25). The summed E-state index contributed by atoms with van der Waals surface area (Å²) >= 11 is 1.54. The van der Waals surface area contributed by atoms with Gasteiger partial charge in [-0.25, -0.2) is 9.20 Å². The fraction of sp³-hybridized carbons (Fsp3) is 0.389. The first kappa shape index (κ1) is 18.4. The maximum Gasteiger partial charge on any atom is 0.293 e. The van der Waals surface area contributed by atoms with Gasteiger partial charge in [0.05, 0.1) is 4.88 Å². The number of hydrogen-bond donors (Lipinski definition) is 1. The van der Waals surface area contributed by atoms with Crippen LogP contribution in [0.1, 0.15) is 19.3 Å². The van der Waals surface area contributed by atoms with E-state index in [-0.39, 0.29) is 23.9 Å². The van der Waals surface area contributed by atoms with Crippen molar-refractivity contribution in [2.24, 2.45) is 0 Å². The number of amides is 2. The zero-order valence-corrected chi connectivity index (χ0v) is 16.0. The molecule has 1 fully saturated rings. The summed E-state index contributed by atoms with van der Waals surface area (Å²) in [4.78, 5) is 39.1.